The van der Waals surface area contributed by atoms with E-state index in [4.69, 9.17) is 0 Å². The molecule has 106 valence electrons. The predicted molar refractivity (Wildman–Crippen MR) is 77.7 cm³/mol. The Morgan fingerprint density at radius 2 is 1.40 bits per heavy atom. The fourth-order valence-corrected chi connectivity index (χ4v) is 2.24. The number of rotatable bonds is 5. The number of hydrogen-bond acceptors (Lipinski definition) is 1. The van der Waals surface area contributed by atoms with Crippen LogP contribution in [-0.2, 0) is 13.0 Å². The van der Waals surface area contributed by atoms with Crippen LogP contribution in [0.2, 0.25) is 0 Å². The molecule has 20 heavy (non-hydrogen) atoms. The molecule has 2 aromatic carbocycles. The molecule has 0 heterocycles. The maximum absolute atomic E-state index is 13.0. The SMILES string of the molecule is Cc1cc(F)ccc1CCNCc1ccc(F)cc1C. The average Bonchev–Trinajstić information content (AvgIpc) is 2.39. The van der Waals surface area contributed by atoms with Crippen LogP contribution in [0, 0.1) is 25.5 Å². The van der Waals surface area contributed by atoms with Gasteiger partial charge in [0.15, 0.2) is 0 Å². The molecule has 0 aliphatic rings. The first kappa shape index (κ1) is 14.7. The zero-order valence-electron chi connectivity index (χ0n) is 11.8. The van der Waals surface area contributed by atoms with Gasteiger partial charge >= 0.3 is 0 Å². The summed E-state index contributed by atoms with van der Waals surface area (Å²) in [6, 6.07) is 9.71. The number of hydrogen-bond donors (Lipinski definition) is 1. The Hall–Kier alpha value is -1.74. The summed E-state index contributed by atoms with van der Waals surface area (Å²) in [5, 5.41) is 3.34. The molecule has 0 aliphatic carbocycles. The van der Waals surface area contributed by atoms with E-state index in [0.717, 1.165) is 35.2 Å². The molecule has 2 aromatic rings. The van der Waals surface area contributed by atoms with Crippen LogP contribution < -0.4 is 5.32 Å². The van der Waals surface area contributed by atoms with Gasteiger partial charge < -0.3 is 5.32 Å². The molecule has 0 radical (unpaired) electrons. The predicted octanol–water partition coefficient (Wildman–Crippen LogP) is 3.91. The highest BCUT2D eigenvalue weighted by atomic mass is 19.1. The van der Waals surface area contributed by atoms with Crippen molar-refractivity contribution in [3.05, 3.63) is 70.3 Å². The first-order chi connectivity index (χ1) is 9.56. The average molecular weight is 275 g/mol. The van der Waals surface area contributed by atoms with Crippen molar-refractivity contribution < 1.29 is 8.78 Å². The van der Waals surface area contributed by atoms with E-state index < -0.39 is 0 Å². The van der Waals surface area contributed by atoms with Crippen molar-refractivity contribution in [2.45, 2.75) is 26.8 Å². The minimum atomic E-state index is -0.201. The lowest BCUT2D eigenvalue weighted by atomic mass is 10.1. The van der Waals surface area contributed by atoms with Gasteiger partial charge in [0.1, 0.15) is 11.6 Å². The molecule has 0 unspecified atom stereocenters. The van der Waals surface area contributed by atoms with Gasteiger partial charge in [0.05, 0.1) is 0 Å². The van der Waals surface area contributed by atoms with Gasteiger partial charge in [0.25, 0.3) is 0 Å². The highest BCUT2D eigenvalue weighted by Gasteiger charge is 2.02. The standard InChI is InChI=1S/C17H19F2N/c1-12-9-16(18)5-3-14(12)7-8-20-11-15-4-6-17(19)10-13(15)2/h3-6,9-10,20H,7-8,11H2,1-2H3. The Bertz CT molecular complexity index is 540. The molecule has 0 saturated heterocycles. The quantitative estimate of drug-likeness (QED) is 0.816. The minimum absolute atomic E-state index is 0.193. The molecule has 0 amide bonds. The lowest BCUT2D eigenvalue weighted by Gasteiger charge is -2.09. The van der Waals surface area contributed by atoms with Crippen molar-refractivity contribution in [3.8, 4) is 0 Å². The van der Waals surface area contributed by atoms with E-state index in [0.29, 0.717) is 6.54 Å². The van der Waals surface area contributed by atoms with Crippen molar-refractivity contribution >= 4 is 0 Å². The van der Waals surface area contributed by atoms with E-state index in [9.17, 15) is 8.78 Å². The maximum Gasteiger partial charge on any atom is 0.123 e. The van der Waals surface area contributed by atoms with Crippen molar-refractivity contribution in [2.24, 2.45) is 0 Å². The van der Waals surface area contributed by atoms with Crippen LogP contribution in [0.15, 0.2) is 36.4 Å². The highest BCUT2D eigenvalue weighted by molar-refractivity contribution is 5.27. The molecule has 0 aromatic heterocycles. The van der Waals surface area contributed by atoms with Crippen molar-refractivity contribution in [1.82, 2.24) is 5.32 Å². The van der Waals surface area contributed by atoms with Gasteiger partial charge in [-0.2, -0.15) is 0 Å². The van der Waals surface area contributed by atoms with Gasteiger partial charge in [-0.15, -0.1) is 0 Å². The van der Waals surface area contributed by atoms with Gasteiger partial charge in [-0.05, 0) is 73.3 Å². The maximum atomic E-state index is 13.0. The molecule has 0 bridgehead atoms. The Labute approximate surface area is 118 Å². The molecule has 3 heteroatoms. The van der Waals surface area contributed by atoms with Crippen LogP contribution in [0.5, 0.6) is 0 Å². The highest BCUT2D eigenvalue weighted by Crippen LogP contribution is 2.11. The Balaban J connectivity index is 1.84. The third kappa shape index (κ3) is 3.87. The summed E-state index contributed by atoms with van der Waals surface area (Å²) < 4.78 is 26.0. The second-order valence-electron chi connectivity index (χ2n) is 5.07. The zero-order valence-corrected chi connectivity index (χ0v) is 11.8. The Morgan fingerprint density at radius 3 is 1.95 bits per heavy atom. The number of halogens is 2. The van der Waals surface area contributed by atoms with Crippen LogP contribution in [0.25, 0.3) is 0 Å². The Morgan fingerprint density at radius 1 is 0.850 bits per heavy atom. The topological polar surface area (TPSA) is 12.0 Å². The molecule has 0 fully saturated rings. The largest absolute Gasteiger partial charge is 0.312 e. The van der Waals surface area contributed by atoms with Gasteiger partial charge in [0.2, 0.25) is 0 Å². The second-order valence-corrected chi connectivity index (χ2v) is 5.07. The fraction of sp³-hybridized carbons (Fsp3) is 0.294. The monoisotopic (exact) mass is 275 g/mol. The third-order valence-electron chi connectivity index (χ3n) is 3.50. The van der Waals surface area contributed by atoms with E-state index in [1.165, 1.54) is 12.1 Å². The molecular formula is C17H19F2N. The summed E-state index contributed by atoms with van der Waals surface area (Å²) in [6.07, 6.45) is 0.854. The first-order valence-corrected chi connectivity index (χ1v) is 6.77. The normalized spacial score (nSPS) is 10.8. The van der Waals surface area contributed by atoms with Gasteiger partial charge in [0, 0.05) is 6.54 Å². The van der Waals surface area contributed by atoms with Crippen LogP contribution in [0.3, 0.4) is 0 Å². The third-order valence-corrected chi connectivity index (χ3v) is 3.50. The van der Waals surface area contributed by atoms with Crippen LogP contribution >= 0.6 is 0 Å². The summed E-state index contributed by atoms with van der Waals surface area (Å²) in [7, 11) is 0. The van der Waals surface area contributed by atoms with Gasteiger partial charge in [-0.25, -0.2) is 8.78 Å². The van der Waals surface area contributed by atoms with Crippen LogP contribution in [0.4, 0.5) is 8.78 Å². The summed E-state index contributed by atoms with van der Waals surface area (Å²) in [5.41, 5.74) is 4.18. The van der Waals surface area contributed by atoms with Crippen molar-refractivity contribution in [1.29, 1.82) is 0 Å². The van der Waals surface area contributed by atoms with Crippen molar-refractivity contribution in [3.63, 3.8) is 0 Å². The number of aryl methyl sites for hydroxylation is 2. The number of benzene rings is 2. The molecule has 0 saturated carbocycles. The summed E-state index contributed by atoms with van der Waals surface area (Å²) >= 11 is 0. The minimum Gasteiger partial charge on any atom is -0.312 e. The van der Waals surface area contributed by atoms with Crippen LogP contribution in [0.1, 0.15) is 22.3 Å². The molecule has 0 aliphatic heterocycles. The van der Waals surface area contributed by atoms with E-state index in [1.807, 2.05) is 19.9 Å². The fourth-order valence-electron chi connectivity index (χ4n) is 2.24. The van der Waals surface area contributed by atoms with Crippen LogP contribution in [-0.4, -0.2) is 6.54 Å². The molecule has 2 rings (SSSR count). The lowest BCUT2D eigenvalue weighted by Crippen LogP contribution is -2.17. The van der Waals surface area contributed by atoms with Gasteiger partial charge in [-0.3, -0.25) is 0 Å². The Kier molecular flexibility index (Phi) is 4.85. The summed E-state index contributed by atoms with van der Waals surface area (Å²) in [6.45, 7) is 5.35. The molecule has 1 N–H and O–H groups in total. The summed E-state index contributed by atoms with van der Waals surface area (Å²) in [4.78, 5) is 0. The first-order valence-electron chi connectivity index (χ1n) is 6.77. The second kappa shape index (κ2) is 6.62. The molecule has 0 spiro atoms. The number of nitrogens with one attached hydrogen (secondary N) is 1. The van der Waals surface area contributed by atoms with E-state index in [1.54, 1.807) is 18.2 Å². The van der Waals surface area contributed by atoms with E-state index in [-0.39, 0.29) is 11.6 Å². The summed E-state index contributed by atoms with van der Waals surface area (Å²) in [5.74, 6) is -0.394. The smallest absolute Gasteiger partial charge is 0.123 e. The lowest BCUT2D eigenvalue weighted by molar-refractivity contribution is 0.621. The van der Waals surface area contributed by atoms with E-state index in [2.05, 4.69) is 5.32 Å². The molecule has 0 atom stereocenters. The molecule has 1 nitrogen and oxygen atoms in total. The van der Waals surface area contributed by atoms with E-state index >= 15 is 0 Å². The zero-order chi connectivity index (χ0) is 14.5. The van der Waals surface area contributed by atoms with Crippen molar-refractivity contribution in [2.75, 3.05) is 6.54 Å². The molecular weight excluding hydrogens is 256 g/mol. The van der Waals surface area contributed by atoms with Gasteiger partial charge in [-0.1, -0.05) is 12.1 Å².